The first-order chi connectivity index (χ1) is 14.5. The van der Waals surface area contributed by atoms with Crippen LogP contribution in [0.1, 0.15) is 88.2 Å². The maximum atomic E-state index is 13.3. The third-order valence-electron chi connectivity index (χ3n) is 5.83. The first kappa shape index (κ1) is 22.8. The fourth-order valence-electron chi connectivity index (χ4n) is 4.17. The molecule has 3 rings (SSSR count). The number of benzene rings is 1. The fraction of sp³-hybridized carbons (Fsp3) is 0.542. The minimum Gasteiger partial charge on any atom is -0.489 e. The number of carboxylic acids is 1. The number of aliphatic carboxylic acids is 1. The fourth-order valence-corrected chi connectivity index (χ4v) is 4.17. The largest absolute Gasteiger partial charge is 0.489 e. The molecule has 0 radical (unpaired) electrons. The highest BCUT2D eigenvalue weighted by Crippen LogP contribution is 2.54. The van der Waals surface area contributed by atoms with E-state index in [1.54, 1.807) is 19.9 Å². The Balaban J connectivity index is 2.41. The molecule has 7 nitrogen and oxygen atoms in total. The van der Waals surface area contributed by atoms with E-state index < -0.39 is 35.5 Å². The molecule has 168 valence electrons. The highest BCUT2D eigenvalue weighted by molar-refractivity contribution is 6.07. The van der Waals surface area contributed by atoms with Crippen LogP contribution in [0.2, 0.25) is 0 Å². The van der Waals surface area contributed by atoms with Crippen LogP contribution < -0.4 is 14.2 Å². The molecule has 2 aliphatic rings. The van der Waals surface area contributed by atoms with Gasteiger partial charge in [-0.3, -0.25) is 14.4 Å². The van der Waals surface area contributed by atoms with E-state index in [0.717, 1.165) is 6.42 Å². The highest BCUT2D eigenvalue weighted by Gasteiger charge is 2.42. The average molecular weight is 430 g/mol. The predicted octanol–water partition coefficient (Wildman–Crippen LogP) is 4.75. The van der Waals surface area contributed by atoms with Crippen molar-refractivity contribution in [2.75, 3.05) is 0 Å². The van der Waals surface area contributed by atoms with Crippen LogP contribution in [0.25, 0.3) is 6.08 Å². The summed E-state index contributed by atoms with van der Waals surface area (Å²) in [6.07, 6.45) is 4.38. The van der Waals surface area contributed by atoms with Crippen LogP contribution in [-0.2, 0) is 9.59 Å². The van der Waals surface area contributed by atoms with E-state index >= 15 is 0 Å². The Morgan fingerprint density at radius 1 is 1.26 bits per heavy atom. The molecular weight excluding hydrogens is 400 g/mol. The van der Waals surface area contributed by atoms with Crippen molar-refractivity contribution in [3.8, 4) is 17.2 Å². The third kappa shape index (κ3) is 4.31. The van der Waals surface area contributed by atoms with Crippen molar-refractivity contribution in [1.82, 2.24) is 0 Å². The standard InChI is InChI=1S/C24H30O7/c1-7-8-15(11-17(26)27)18-22-16(9-10-24(5,6)31-22)21(30-14(4)25)19-20(28)12(2)13(3)29-23(18)19/h9-10,12-13,15H,7-8,11H2,1-6H3,(H,26,27)/t12-,13+,15-/m1/s1. The van der Waals surface area contributed by atoms with E-state index in [1.165, 1.54) is 6.92 Å². The lowest BCUT2D eigenvalue weighted by molar-refractivity contribution is -0.137. The minimum absolute atomic E-state index is 0.113. The van der Waals surface area contributed by atoms with Gasteiger partial charge in [0.05, 0.1) is 17.9 Å². The summed E-state index contributed by atoms with van der Waals surface area (Å²) in [6.45, 7) is 10.6. The van der Waals surface area contributed by atoms with Crippen LogP contribution in [0.4, 0.5) is 0 Å². The molecule has 0 fully saturated rings. The van der Waals surface area contributed by atoms with Crippen molar-refractivity contribution in [2.24, 2.45) is 5.92 Å². The second kappa shape index (κ2) is 8.36. The topological polar surface area (TPSA) is 99.1 Å². The van der Waals surface area contributed by atoms with E-state index in [-0.39, 0.29) is 29.3 Å². The number of ether oxygens (including phenoxy) is 3. The van der Waals surface area contributed by atoms with Crippen molar-refractivity contribution >= 4 is 23.8 Å². The van der Waals surface area contributed by atoms with E-state index in [1.807, 2.05) is 26.8 Å². The number of Topliss-reactive ketones (excluding diaryl/α,β-unsaturated/α-hetero) is 1. The molecule has 0 saturated heterocycles. The summed E-state index contributed by atoms with van der Waals surface area (Å²) >= 11 is 0. The molecule has 2 heterocycles. The molecule has 1 aromatic rings. The van der Waals surface area contributed by atoms with Crippen LogP contribution in [-0.4, -0.2) is 34.5 Å². The van der Waals surface area contributed by atoms with Crippen molar-refractivity contribution in [1.29, 1.82) is 0 Å². The maximum Gasteiger partial charge on any atom is 0.308 e. The number of fused-ring (bicyclic) bond motifs is 2. The summed E-state index contributed by atoms with van der Waals surface area (Å²) in [5.74, 6) is -1.77. The zero-order chi connectivity index (χ0) is 23.1. The molecule has 1 aromatic carbocycles. The van der Waals surface area contributed by atoms with E-state index in [0.29, 0.717) is 23.3 Å². The first-order valence-corrected chi connectivity index (χ1v) is 10.7. The summed E-state index contributed by atoms with van der Waals surface area (Å²) in [5.41, 5.74) is 0.554. The highest BCUT2D eigenvalue weighted by atomic mass is 16.5. The van der Waals surface area contributed by atoms with Gasteiger partial charge >= 0.3 is 11.9 Å². The number of carboxylic acid groups (broad SMARTS) is 1. The summed E-state index contributed by atoms with van der Waals surface area (Å²) in [5, 5.41) is 9.57. The Labute approximate surface area is 182 Å². The zero-order valence-corrected chi connectivity index (χ0v) is 18.9. The second-order valence-electron chi connectivity index (χ2n) is 8.88. The maximum absolute atomic E-state index is 13.3. The van der Waals surface area contributed by atoms with Crippen molar-refractivity contribution in [3.05, 3.63) is 22.8 Å². The monoisotopic (exact) mass is 430 g/mol. The average Bonchev–Trinajstić information content (AvgIpc) is 2.64. The number of hydrogen-bond acceptors (Lipinski definition) is 6. The molecule has 0 amide bonds. The molecule has 2 aliphatic heterocycles. The first-order valence-electron chi connectivity index (χ1n) is 10.7. The minimum atomic E-state index is -0.945. The SMILES string of the molecule is CCC[C@H](CC(=O)O)c1c2c(c(OC(C)=O)c3c1O[C@@H](C)[C@@H](C)C3=O)C=CC(C)(C)O2. The van der Waals surface area contributed by atoms with Gasteiger partial charge in [0.2, 0.25) is 0 Å². The summed E-state index contributed by atoms with van der Waals surface area (Å²) in [6, 6.07) is 0. The van der Waals surface area contributed by atoms with Gasteiger partial charge in [0.25, 0.3) is 0 Å². The van der Waals surface area contributed by atoms with Gasteiger partial charge in [-0.1, -0.05) is 20.3 Å². The van der Waals surface area contributed by atoms with E-state index in [4.69, 9.17) is 14.2 Å². The van der Waals surface area contributed by atoms with E-state index in [2.05, 4.69) is 0 Å². The summed E-state index contributed by atoms with van der Waals surface area (Å²) < 4.78 is 18.0. The number of ketones is 1. The van der Waals surface area contributed by atoms with Crippen LogP contribution in [0.3, 0.4) is 0 Å². The Kier molecular flexibility index (Phi) is 6.16. The Bertz CT molecular complexity index is 957. The van der Waals surface area contributed by atoms with Crippen LogP contribution in [0, 0.1) is 5.92 Å². The van der Waals surface area contributed by atoms with Crippen LogP contribution >= 0.6 is 0 Å². The van der Waals surface area contributed by atoms with Crippen molar-refractivity contribution in [3.63, 3.8) is 0 Å². The second-order valence-corrected chi connectivity index (χ2v) is 8.88. The Hall–Kier alpha value is -2.83. The van der Waals surface area contributed by atoms with Gasteiger partial charge in [-0.15, -0.1) is 0 Å². The molecule has 0 unspecified atom stereocenters. The molecule has 0 aliphatic carbocycles. The smallest absolute Gasteiger partial charge is 0.308 e. The Morgan fingerprint density at radius 2 is 1.94 bits per heavy atom. The van der Waals surface area contributed by atoms with E-state index in [9.17, 15) is 19.5 Å². The van der Waals surface area contributed by atoms with Gasteiger partial charge in [-0.2, -0.15) is 0 Å². The van der Waals surface area contributed by atoms with Crippen molar-refractivity contribution < 1.29 is 33.7 Å². The zero-order valence-electron chi connectivity index (χ0n) is 18.9. The predicted molar refractivity (Wildman–Crippen MR) is 115 cm³/mol. The van der Waals surface area contributed by atoms with Crippen molar-refractivity contribution in [2.45, 2.75) is 78.4 Å². The van der Waals surface area contributed by atoms with Crippen LogP contribution in [0.5, 0.6) is 17.2 Å². The molecule has 0 spiro atoms. The lowest BCUT2D eigenvalue weighted by Gasteiger charge is -2.37. The van der Waals surface area contributed by atoms with Gasteiger partial charge in [-0.05, 0) is 39.3 Å². The summed E-state index contributed by atoms with van der Waals surface area (Å²) in [7, 11) is 0. The van der Waals surface area contributed by atoms with Gasteiger partial charge in [-0.25, -0.2) is 0 Å². The molecule has 3 atom stereocenters. The number of carbonyl (C=O) groups excluding carboxylic acids is 2. The Morgan fingerprint density at radius 3 is 2.52 bits per heavy atom. The third-order valence-corrected chi connectivity index (χ3v) is 5.83. The quantitative estimate of drug-likeness (QED) is 0.513. The number of hydrogen-bond donors (Lipinski definition) is 1. The lowest BCUT2D eigenvalue weighted by atomic mass is 9.81. The lowest BCUT2D eigenvalue weighted by Crippen LogP contribution is -2.36. The number of rotatable bonds is 6. The molecule has 0 aromatic heterocycles. The number of carbonyl (C=O) groups is 3. The molecule has 7 heteroatoms. The van der Waals surface area contributed by atoms with Gasteiger partial charge in [0, 0.05) is 18.4 Å². The van der Waals surface area contributed by atoms with Gasteiger partial charge in [0.15, 0.2) is 11.5 Å². The van der Waals surface area contributed by atoms with Gasteiger partial charge in [0.1, 0.15) is 28.8 Å². The van der Waals surface area contributed by atoms with Crippen LogP contribution in [0.15, 0.2) is 6.08 Å². The molecule has 1 N–H and O–H groups in total. The number of esters is 1. The molecule has 0 bridgehead atoms. The summed E-state index contributed by atoms with van der Waals surface area (Å²) in [4.78, 5) is 36.9. The molecular formula is C24H30O7. The molecule has 0 saturated carbocycles. The molecule has 31 heavy (non-hydrogen) atoms. The normalized spacial score (nSPS) is 21.9. The van der Waals surface area contributed by atoms with Gasteiger partial charge < -0.3 is 19.3 Å².